The minimum Gasteiger partial charge on any atom is -0.321 e. The number of rotatable bonds is 2. The Morgan fingerprint density at radius 3 is 2.35 bits per heavy atom. The Morgan fingerprint density at radius 2 is 1.71 bits per heavy atom. The number of anilines is 1. The lowest BCUT2D eigenvalue weighted by Crippen LogP contribution is -2.11. The summed E-state index contributed by atoms with van der Waals surface area (Å²) in [4.78, 5) is 11.8. The van der Waals surface area contributed by atoms with E-state index in [1.54, 1.807) is 42.5 Å². The number of carbonyl (C=O) groups is 1. The zero-order valence-electron chi connectivity index (χ0n) is 8.78. The summed E-state index contributed by atoms with van der Waals surface area (Å²) in [6, 6.07) is 13.9. The van der Waals surface area contributed by atoms with Crippen molar-refractivity contribution in [2.45, 2.75) is 0 Å². The molecule has 0 aliphatic heterocycles. The van der Waals surface area contributed by atoms with Gasteiger partial charge in [-0.25, -0.2) is 0 Å². The number of hydrogen-bond acceptors (Lipinski definition) is 1. The molecule has 1 N–H and O–H groups in total. The highest BCUT2D eigenvalue weighted by Crippen LogP contribution is 2.25. The summed E-state index contributed by atoms with van der Waals surface area (Å²) in [5, 5.41) is 3.68. The van der Waals surface area contributed by atoms with Gasteiger partial charge >= 0.3 is 0 Å². The smallest absolute Gasteiger partial charge is 0.255 e. The molecule has 0 saturated carbocycles. The first kappa shape index (κ1) is 12.0. The molecule has 0 radical (unpaired) electrons. The molecule has 17 heavy (non-hydrogen) atoms. The SMILES string of the molecule is O=C(Nc1ccc(Cl)cc1Cl)c1ccccc1. The Morgan fingerprint density at radius 1 is 1.00 bits per heavy atom. The van der Waals surface area contributed by atoms with Crippen LogP contribution in [0, 0.1) is 0 Å². The molecular weight excluding hydrogens is 257 g/mol. The van der Waals surface area contributed by atoms with Crippen LogP contribution in [0.2, 0.25) is 10.0 Å². The highest BCUT2D eigenvalue weighted by atomic mass is 35.5. The van der Waals surface area contributed by atoms with Crippen molar-refractivity contribution in [3.63, 3.8) is 0 Å². The van der Waals surface area contributed by atoms with Crippen molar-refractivity contribution in [1.82, 2.24) is 0 Å². The van der Waals surface area contributed by atoms with E-state index in [0.717, 1.165) is 0 Å². The number of benzene rings is 2. The quantitative estimate of drug-likeness (QED) is 0.865. The van der Waals surface area contributed by atoms with Gasteiger partial charge in [-0.05, 0) is 30.3 Å². The Labute approximate surface area is 109 Å². The fourth-order valence-corrected chi connectivity index (χ4v) is 1.83. The average molecular weight is 266 g/mol. The molecule has 2 aromatic carbocycles. The van der Waals surface area contributed by atoms with Gasteiger partial charge in [-0.3, -0.25) is 4.79 Å². The van der Waals surface area contributed by atoms with Crippen LogP contribution in [0.3, 0.4) is 0 Å². The topological polar surface area (TPSA) is 29.1 Å². The second kappa shape index (κ2) is 5.21. The van der Waals surface area contributed by atoms with Gasteiger partial charge in [0.25, 0.3) is 5.91 Å². The van der Waals surface area contributed by atoms with Crippen molar-refractivity contribution in [2.24, 2.45) is 0 Å². The predicted octanol–water partition coefficient (Wildman–Crippen LogP) is 4.25. The lowest BCUT2D eigenvalue weighted by Gasteiger charge is -2.07. The molecule has 0 spiro atoms. The van der Waals surface area contributed by atoms with Gasteiger partial charge in [0.05, 0.1) is 10.7 Å². The van der Waals surface area contributed by atoms with Crippen LogP contribution in [-0.4, -0.2) is 5.91 Å². The van der Waals surface area contributed by atoms with Gasteiger partial charge < -0.3 is 5.32 Å². The number of carbonyl (C=O) groups excluding carboxylic acids is 1. The van der Waals surface area contributed by atoms with Crippen molar-refractivity contribution in [1.29, 1.82) is 0 Å². The van der Waals surface area contributed by atoms with Crippen molar-refractivity contribution < 1.29 is 4.79 Å². The minimum absolute atomic E-state index is 0.199. The molecule has 2 rings (SSSR count). The molecule has 0 unspecified atom stereocenters. The zero-order valence-corrected chi connectivity index (χ0v) is 10.3. The molecule has 0 fully saturated rings. The van der Waals surface area contributed by atoms with Crippen LogP contribution in [0.5, 0.6) is 0 Å². The summed E-state index contributed by atoms with van der Waals surface area (Å²) in [5.41, 5.74) is 1.13. The Hall–Kier alpha value is -1.51. The molecular formula is C13H9Cl2NO. The third kappa shape index (κ3) is 2.99. The van der Waals surface area contributed by atoms with Crippen LogP contribution in [0.4, 0.5) is 5.69 Å². The highest BCUT2D eigenvalue weighted by molar-refractivity contribution is 6.36. The summed E-state index contributed by atoms with van der Waals surface area (Å²) in [6.07, 6.45) is 0. The third-order valence-corrected chi connectivity index (χ3v) is 2.76. The van der Waals surface area contributed by atoms with Gasteiger partial charge in [-0.1, -0.05) is 41.4 Å². The predicted molar refractivity (Wildman–Crippen MR) is 70.9 cm³/mol. The summed E-state index contributed by atoms with van der Waals surface area (Å²) in [6.45, 7) is 0. The van der Waals surface area contributed by atoms with E-state index < -0.39 is 0 Å². The molecule has 2 aromatic rings. The largest absolute Gasteiger partial charge is 0.321 e. The van der Waals surface area contributed by atoms with Crippen LogP contribution in [0.25, 0.3) is 0 Å². The van der Waals surface area contributed by atoms with E-state index in [-0.39, 0.29) is 5.91 Å². The molecule has 0 bridgehead atoms. The first-order valence-electron chi connectivity index (χ1n) is 4.98. The molecule has 0 atom stereocenters. The maximum Gasteiger partial charge on any atom is 0.255 e. The van der Waals surface area contributed by atoms with E-state index in [4.69, 9.17) is 23.2 Å². The van der Waals surface area contributed by atoms with Crippen molar-refractivity contribution in [3.05, 3.63) is 64.1 Å². The molecule has 0 aromatic heterocycles. The van der Waals surface area contributed by atoms with E-state index in [1.807, 2.05) is 6.07 Å². The number of nitrogens with one attached hydrogen (secondary N) is 1. The summed E-state index contributed by atoms with van der Waals surface area (Å²) in [5.74, 6) is -0.199. The van der Waals surface area contributed by atoms with E-state index in [1.165, 1.54) is 0 Å². The second-order valence-corrected chi connectivity index (χ2v) is 4.29. The molecule has 1 amide bonds. The van der Waals surface area contributed by atoms with Crippen LogP contribution in [0.1, 0.15) is 10.4 Å². The Bertz CT molecular complexity index is 540. The van der Waals surface area contributed by atoms with E-state index in [2.05, 4.69) is 5.32 Å². The normalized spacial score (nSPS) is 10.0. The maximum atomic E-state index is 11.8. The third-order valence-electron chi connectivity index (χ3n) is 2.22. The lowest BCUT2D eigenvalue weighted by molar-refractivity contribution is 0.102. The van der Waals surface area contributed by atoms with Crippen molar-refractivity contribution in [2.75, 3.05) is 5.32 Å². The second-order valence-electron chi connectivity index (χ2n) is 3.44. The van der Waals surface area contributed by atoms with Gasteiger partial charge in [0, 0.05) is 10.6 Å². The molecule has 4 heteroatoms. The first-order chi connectivity index (χ1) is 8.16. The standard InChI is InChI=1S/C13H9Cl2NO/c14-10-6-7-12(11(15)8-10)16-13(17)9-4-2-1-3-5-9/h1-8H,(H,16,17). The average Bonchev–Trinajstić information content (AvgIpc) is 2.34. The van der Waals surface area contributed by atoms with Crippen molar-refractivity contribution >= 4 is 34.8 Å². The summed E-state index contributed by atoms with van der Waals surface area (Å²) in [7, 11) is 0. The van der Waals surface area contributed by atoms with E-state index in [9.17, 15) is 4.79 Å². The van der Waals surface area contributed by atoms with E-state index in [0.29, 0.717) is 21.3 Å². The first-order valence-corrected chi connectivity index (χ1v) is 5.74. The number of hydrogen-bond donors (Lipinski definition) is 1. The molecule has 86 valence electrons. The lowest BCUT2D eigenvalue weighted by atomic mass is 10.2. The Kier molecular flexibility index (Phi) is 3.67. The molecule has 0 saturated heterocycles. The number of halogens is 2. The van der Waals surface area contributed by atoms with Crippen molar-refractivity contribution in [3.8, 4) is 0 Å². The van der Waals surface area contributed by atoms with Gasteiger partial charge in [0.15, 0.2) is 0 Å². The van der Waals surface area contributed by atoms with Gasteiger partial charge in [0.2, 0.25) is 0 Å². The van der Waals surface area contributed by atoms with E-state index >= 15 is 0 Å². The van der Waals surface area contributed by atoms with Crippen LogP contribution in [0.15, 0.2) is 48.5 Å². The summed E-state index contributed by atoms with van der Waals surface area (Å²) >= 11 is 11.7. The molecule has 0 aliphatic rings. The number of amides is 1. The van der Waals surface area contributed by atoms with Gasteiger partial charge in [0.1, 0.15) is 0 Å². The van der Waals surface area contributed by atoms with Gasteiger partial charge in [-0.2, -0.15) is 0 Å². The van der Waals surface area contributed by atoms with Crippen LogP contribution >= 0.6 is 23.2 Å². The highest BCUT2D eigenvalue weighted by Gasteiger charge is 2.07. The fraction of sp³-hybridized carbons (Fsp3) is 0. The maximum absolute atomic E-state index is 11.8. The Balaban J connectivity index is 2.19. The van der Waals surface area contributed by atoms with Crippen LogP contribution < -0.4 is 5.32 Å². The molecule has 0 heterocycles. The van der Waals surface area contributed by atoms with Crippen LogP contribution in [-0.2, 0) is 0 Å². The summed E-state index contributed by atoms with van der Waals surface area (Å²) < 4.78 is 0. The monoisotopic (exact) mass is 265 g/mol. The minimum atomic E-state index is -0.199. The zero-order chi connectivity index (χ0) is 12.3. The molecule has 0 aliphatic carbocycles. The molecule has 2 nitrogen and oxygen atoms in total. The fourth-order valence-electron chi connectivity index (χ4n) is 1.37. The van der Waals surface area contributed by atoms with Gasteiger partial charge in [-0.15, -0.1) is 0 Å².